The van der Waals surface area contributed by atoms with Gasteiger partial charge in [-0.25, -0.2) is 0 Å². The first-order chi connectivity index (χ1) is 6.63. The molecule has 0 aromatic heterocycles. The van der Waals surface area contributed by atoms with Gasteiger partial charge in [-0.2, -0.15) is 0 Å². The van der Waals surface area contributed by atoms with E-state index in [1.165, 1.54) is 6.07 Å². The number of aliphatic hydroxyl groups is 1. The maximum absolute atomic E-state index is 11.4. The number of carbonyl (C=O) groups excluding carboxylic acids is 2. The zero-order valence-electron chi connectivity index (χ0n) is 6.95. The van der Waals surface area contributed by atoms with Crippen LogP contribution in [0.2, 0.25) is 0 Å². The summed E-state index contributed by atoms with van der Waals surface area (Å²) < 4.78 is -0.0683. The average molecular weight is 253 g/mol. The number of ketones is 2. The molecule has 0 unspecified atom stereocenters. The molecule has 1 aliphatic rings. The summed E-state index contributed by atoms with van der Waals surface area (Å²) in [6, 6.07) is 6.45. The predicted octanol–water partition coefficient (Wildman–Crippen LogP) is 2.07. The van der Waals surface area contributed by atoms with Crippen molar-refractivity contribution in [1.29, 1.82) is 0 Å². The number of rotatable bonds is 0. The highest BCUT2D eigenvalue weighted by Gasteiger charge is 2.30. The Morgan fingerprint density at radius 1 is 1.00 bits per heavy atom. The van der Waals surface area contributed by atoms with Crippen molar-refractivity contribution in [3.63, 3.8) is 0 Å². The Hall–Kier alpha value is -1.42. The summed E-state index contributed by atoms with van der Waals surface area (Å²) >= 11 is 2.89. The Morgan fingerprint density at radius 2 is 1.57 bits per heavy atom. The zero-order valence-corrected chi connectivity index (χ0v) is 8.54. The maximum atomic E-state index is 11.4. The molecule has 0 amide bonds. The van der Waals surface area contributed by atoms with E-state index in [0.29, 0.717) is 5.56 Å². The number of hydrogen-bond donors (Lipinski definition) is 1. The van der Waals surface area contributed by atoms with Gasteiger partial charge in [0, 0.05) is 11.1 Å². The lowest BCUT2D eigenvalue weighted by atomic mass is 9.94. The van der Waals surface area contributed by atoms with Gasteiger partial charge in [-0.15, -0.1) is 0 Å². The molecular weight excluding hydrogens is 248 g/mol. The molecule has 1 aromatic rings. The molecule has 1 aromatic carbocycles. The van der Waals surface area contributed by atoms with Crippen molar-refractivity contribution in [2.45, 2.75) is 0 Å². The van der Waals surface area contributed by atoms with Crippen molar-refractivity contribution in [2.24, 2.45) is 0 Å². The molecule has 0 bridgehead atoms. The molecule has 0 fully saturated rings. The quantitative estimate of drug-likeness (QED) is 0.720. The summed E-state index contributed by atoms with van der Waals surface area (Å²) in [5, 5.41) is 9.58. The van der Waals surface area contributed by atoms with Gasteiger partial charge in [0.2, 0.25) is 11.6 Å². The Labute approximate surface area is 88.2 Å². The van der Waals surface area contributed by atoms with Gasteiger partial charge < -0.3 is 5.11 Å². The van der Waals surface area contributed by atoms with E-state index in [4.69, 9.17) is 0 Å². The fraction of sp³-hybridized carbons (Fsp3) is 0. The number of halogens is 1. The second-order valence-electron chi connectivity index (χ2n) is 2.87. The number of hydrogen-bond acceptors (Lipinski definition) is 3. The number of fused-ring (bicyclic) bond motifs is 1. The first-order valence-corrected chi connectivity index (χ1v) is 4.69. The van der Waals surface area contributed by atoms with Crippen LogP contribution >= 0.6 is 15.9 Å². The molecule has 70 valence electrons. The summed E-state index contributed by atoms with van der Waals surface area (Å²) in [6.45, 7) is 0. The van der Waals surface area contributed by atoms with Crippen molar-refractivity contribution in [3.8, 4) is 0 Å². The molecule has 4 heteroatoms. The highest BCUT2D eigenvalue weighted by atomic mass is 79.9. The lowest BCUT2D eigenvalue weighted by Crippen LogP contribution is -2.21. The van der Waals surface area contributed by atoms with Crippen LogP contribution < -0.4 is 0 Å². The zero-order chi connectivity index (χ0) is 10.3. The van der Waals surface area contributed by atoms with Crippen LogP contribution in [-0.2, 0) is 4.79 Å². The van der Waals surface area contributed by atoms with Gasteiger partial charge >= 0.3 is 0 Å². The summed E-state index contributed by atoms with van der Waals surface area (Å²) in [4.78, 5) is 22.7. The highest BCUT2D eigenvalue weighted by molar-refractivity contribution is 9.12. The highest BCUT2D eigenvalue weighted by Crippen LogP contribution is 2.30. The smallest absolute Gasteiger partial charge is 0.244 e. The van der Waals surface area contributed by atoms with E-state index >= 15 is 0 Å². The summed E-state index contributed by atoms with van der Waals surface area (Å²) in [5.74, 6) is -1.48. The van der Waals surface area contributed by atoms with Crippen LogP contribution in [0.1, 0.15) is 15.9 Å². The monoisotopic (exact) mass is 252 g/mol. The third-order valence-corrected chi connectivity index (χ3v) is 2.78. The van der Waals surface area contributed by atoms with E-state index < -0.39 is 11.6 Å². The predicted molar refractivity (Wildman–Crippen MR) is 54.3 cm³/mol. The summed E-state index contributed by atoms with van der Waals surface area (Å²) in [5.41, 5.74) is 0.641. The molecule has 0 saturated carbocycles. The van der Waals surface area contributed by atoms with Crippen molar-refractivity contribution < 1.29 is 14.7 Å². The van der Waals surface area contributed by atoms with Crippen LogP contribution in [0.3, 0.4) is 0 Å². The largest absolute Gasteiger partial charge is 0.506 e. The van der Waals surface area contributed by atoms with Gasteiger partial charge in [0.25, 0.3) is 0 Å². The maximum Gasteiger partial charge on any atom is 0.244 e. The van der Waals surface area contributed by atoms with E-state index in [1.807, 2.05) is 0 Å². The second-order valence-corrected chi connectivity index (χ2v) is 3.66. The van der Waals surface area contributed by atoms with Gasteiger partial charge in [0.05, 0.1) is 0 Å². The van der Waals surface area contributed by atoms with Gasteiger partial charge in [0.1, 0.15) is 10.2 Å². The molecule has 1 N–H and O–H groups in total. The molecule has 0 radical (unpaired) electrons. The first kappa shape index (κ1) is 9.15. The van der Waals surface area contributed by atoms with Crippen LogP contribution in [-0.4, -0.2) is 16.7 Å². The number of allylic oxidation sites excluding steroid dienone is 1. The molecule has 1 aliphatic carbocycles. The van der Waals surface area contributed by atoms with Crippen molar-refractivity contribution in [2.75, 3.05) is 0 Å². The minimum Gasteiger partial charge on any atom is -0.506 e. The van der Waals surface area contributed by atoms with Crippen LogP contribution in [0.5, 0.6) is 0 Å². The lowest BCUT2D eigenvalue weighted by Gasteiger charge is -2.13. The molecule has 0 spiro atoms. The normalized spacial score (nSPS) is 15.8. The van der Waals surface area contributed by atoms with Crippen molar-refractivity contribution in [1.82, 2.24) is 0 Å². The van der Waals surface area contributed by atoms with Crippen molar-refractivity contribution in [3.05, 3.63) is 39.9 Å². The Bertz CT molecular complexity index is 474. The van der Waals surface area contributed by atoms with Gasteiger partial charge in [-0.05, 0) is 15.9 Å². The molecule has 3 nitrogen and oxygen atoms in total. The van der Waals surface area contributed by atoms with E-state index in [9.17, 15) is 14.7 Å². The van der Waals surface area contributed by atoms with Gasteiger partial charge in [-0.3, -0.25) is 9.59 Å². The van der Waals surface area contributed by atoms with E-state index in [0.717, 1.165) is 0 Å². The number of carbonyl (C=O) groups is 2. The first-order valence-electron chi connectivity index (χ1n) is 3.90. The molecular formula is C10H5BrO3. The molecule has 14 heavy (non-hydrogen) atoms. The number of benzene rings is 1. The van der Waals surface area contributed by atoms with Gasteiger partial charge in [-0.1, -0.05) is 24.3 Å². The van der Waals surface area contributed by atoms with Crippen LogP contribution in [0, 0.1) is 0 Å². The van der Waals surface area contributed by atoms with Crippen molar-refractivity contribution >= 4 is 33.3 Å². The van der Waals surface area contributed by atoms with E-state index in [2.05, 4.69) is 15.9 Å². The third kappa shape index (κ3) is 1.11. The molecule has 2 rings (SSSR count). The fourth-order valence-electron chi connectivity index (χ4n) is 1.34. The van der Waals surface area contributed by atoms with Crippen LogP contribution in [0.4, 0.5) is 0 Å². The van der Waals surface area contributed by atoms with Gasteiger partial charge in [0.15, 0.2) is 0 Å². The third-order valence-electron chi connectivity index (χ3n) is 2.04. The second kappa shape index (κ2) is 3.06. The van der Waals surface area contributed by atoms with E-state index in [-0.39, 0.29) is 15.8 Å². The molecule has 0 heterocycles. The fourth-order valence-corrected chi connectivity index (χ4v) is 1.73. The van der Waals surface area contributed by atoms with Crippen LogP contribution in [0.15, 0.2) is 28.7 Å². The summed E-state index contributed by atoms with van der Waals surface area (Å²) in [6.07, 6.45) is 0. The lowest BCUT2D eigenvalue weighted by molar-refractivity contribution is -0.111. The molecule has 0 saturated heterocycles. The average Bonchev–Trinajstić information content (AvgIpc) is 2.23. The minimum atomic E-state index is -0.707. The Balaban J connectivity index is 2.78. The minimum absolute atomic E-state index is 0.0683. The molecule has 0 atom stereocenters. The topological polar surface area (TPSA) is 54.4 Å². The Morgan fingerprint density at radius 3 is 2.21 bits per heavy atom. The number of aliphatic hydroxyl groups excluding tert-OH is 1. The van der Waals surface area contributed by atoms with E-state index in [1.54, 1.807) is 18.2 Å². The standard InChI is InChI=1S/C10H5BrO3/c11-7-8(12)5-3-1-2-4-6(5)9(13)10(7)14/h1-4,12H. The summed E-state index contributed by atoms with van der Waals surface area (Å²) in [7, 11) is 0. The van der Waals surface area contributed by atoms with Crippen LogP contribution in [0.25, 0.3) is 5.76 Å². The number of Topliss-reactive ketones (excluding diaryl/α,β-unsaturated/α-hetero) is 2. The SMILES string of the molecule is O=C1C(=O)c2ccccc2C(O)=C1Br. The Kier molecular flexibility index (Phi) is 2.00. The molecule has 0 aliphatic heterocycles.